The highest BCUT2D eigenvalue weighted by atomic mass is 35.5. The number of rotatable bonds is 3. The van der Waals surface area contributed by atoms with Crippen molar-refractivity contribution in [1.29, 1.82) is 0 Å². The van der Waals surface area contributed by atoms with Crippen molar-refractivity contribution in [3.8, 4) is 11.5 Å². The number of ether oxygens (including phenoxy) is 2. The van der Waals surface area contributed by atoms with Crippen LogP contribution in [0, 0.1) is 5.92 Å². The Morgan fingerprint density at radius 2 is 1.86 bits per heavy atom. The number of hydrogen-bond donors (Lipinski definition) is 1. The maximum absolute atomic E-state index is 13.1. The second-order valence-electron chi connectivity index (χ2n) is 7.08. The molecule has 0 saturated carbocycles. The molecule has 2 saturated heterocycles. The van der Waals surface area contributed by atoms with Crippen molar-refractivity contribution in [2.45, 2.75) is 17.7 Å². The standard InChI is InChI=1S/C18H25N3O5S.ClH/c22-18(14-4-5-19-13-14)20-6-1-7-21(9-8-20)27(23,24)15-2-3-16-17(12-15)26-11-10-25-16;/h2-3,12,14,19H,1,4-11,13H2;1H. The number of amides is 1. The van der Waals surface area contributed by atoms with Crippen molar-refractivity contribution in [3.63, 3.8) is 0 Å². The Hall–Kier alpha value is -1.55. The fraction of sp³-hybridized carbons (Fsp3) is 0.611. The number of hydrogen-bond acceptors (Lipinski definition) is 6. The minimum Gasteiger partial charge on any atom is -0.486 e. The van der Waals surface area contributed by atoms with Gasteiger partial charge in [-0.05, 0) is 31.5 Å². The number of carbonyl (C=O) groups excluding carboxylic acids is 1. The van der Waals surface area contributed by atoms with Crippen LogP contribution in [-0.2, 0) is 14.8 Å². The lowest BCUT2D eigenvalue weighted by Crippen LogP contribution is -2.40. The molecule has 1 aromatic rings. The summed E-state index contributed by atoms with van der Waals surface area (Å²) in [6, 6.07) is 4.73. The van der Waals surface area contributed by atoms with Crippen LogP contribution in [0.4, 0.5) is 0 Å². The van der Waals surface area contributed by atoms with Gasteiger partial charge in [0.25, 0.3) is 0 Å². The summed E-state index contributed by atoms with van der Waals surface area (Å²) in [4.78, 5) is 14.6. The molecule has 0 bridgehead atoms. The van der Waals surface area contributed by atoms with Crippen LogP contribution in [0.25, 0.3) is 0 Å². The van der Waals surface area contributed by atoms with E-state index in [4.69, 9.17) is 9.47 Å². The molecule has 1 N–H and O–H groups in total. The van der Waals surface area contributed by atoms with Crippen LogP contribution in [0.1, 0.15) is 12.8 Å². The van der Waals surface area contributed by atoms with Crippen molar-refractivity contribution in [2.24, 2.45) is 5.92 Å². The van der Waals surface area contributed by atoms with E-state index in [9.17, 15) is 13.2 Å². The van der Waals surface area contributed by atoms with Gasteiger partial charge in [-0.1, -0.05) is 0 Å². The second-order valence-corrected chi connectivity index (χ2v) is 9.02. The normalized spacial score (nSPS) is 23.0. The van der Waals surface area contributed by atoms with E-state index >= 15 is 0 Å². The van der Waals surface area contributed by atoms with E-state index in [-0.39, 0.29) is 29.1 Å². The molecule has 3 heterocycles. The molecule has 28 heavy (non-hydrogen) atoms. The highest BCUT2D eigenvalue weighted by Gasteiger charge is 2.32. The van der Waals surface area contributed by atoms with Crippen molar-refractivity contribution in [2.75, 3.05) is 52.5 Å². The van der Waals surface area contributed by atoms with Gasteiger partial charge in [-0.2, -0.15) is 4.31 Å². The Kier molecular flexibility index (Phi) is 6.69. The maximum atomic E-state index is 13.1. The average molecular weight is 432 g/mol. The van der Waals surface area contributed by atoms with E-state index in [1.54, 1.807) is 12.1 Å². The molecule has 156 valence electrons. The van der Waals surface area contributed by atoms with E-state index in [1.807, 2.05) is 4.90 Å². The minimum atomic E-state index is -3.64. The monoisotopic (exact) mass is 431 g/mol. The lowest BCUT2D eigenvalue weighted by molar-refractivity contribution is -0.134. The van der Waals surface area contributed by atoms with Crippen molar-refractivity contribution >= 4 is 28.3 Å². The molecule has 1 unspecified atom stereocenters. The predicted molar refractivity (Wildman–Crippen MR) is 106 cm³/mol. The largest absolute Gasteiger partial charge is 0.486 e. The minimum absolute atomic E-state index is 0. The van der Waals surface area contributed by atoms with E-state index in [0.717, 1.165) is 13.0 Å². The molecular formula is C18H26ClN3O5S. The van der Waals surface area contributed by atoms with Gasteiger partial charge in [0.1, 0.15) is 13.2 Å². The summed E-state index contributed by atoms with van der Waals surface area (Å²) in [5.74, 6) is 1.19. The first-order valence-corrected chi connectivity index (χ1v) is 10.9. The Morgan fingerprint density at radius 1 is 1.07 bits per heavy atom. The molecular weight excluding hydrogens is 406 g/mol. The Morgan fingerprint density at radius 3 is 2.61 bits per heavy atom. The molecule has 0 aromatic heterocycles. The summed E-state index contributed by atoms with van der Waals surface area (Å²) in [5.41, 5.74) is 0. The Balaban J connectivity index is 0.00000225. The number of carbonyl (C=O) groups is 1. The smallest absolute Gasteiger partial charge is 0.243 e. The van der Waals surface area contributed by atoms with Gasteiger partial charge in [-0.15, -0.1) is 12.4 Å². The summed E-state index contributed by atoms with van der Waals surface area (Å²) in [6.45, 7) is 4.20. The fourth-order valence-corrected chi connectivity index (χ4v) is 5.30. The van der Waals surface area contributed by atoms with Gasteiger partial charge in [-0.25, -0.2) is 8.42 Å². The van der Waals surface area contributed by atoms with Crippen molar-refractivity contribution < 1.29 is 22.7 Å². The lowest BCUT2D eigenvalue weighted by atomic mass is 10.1. The third kappa shape index (κ3) is 4.22. The molecule has 1 amide bonds. The van der Waals surface area contributed by atoms with E-state index < -0.39 is 10.0 Å². The zero-order chi connectivity index (χ0) is 18.9. The number of fused-ring (bicyclic) bond motifs is 1. The number of benzene rings is 1. The van der Waals surface area contributed by atoms with Gasteiger partial charge in [-0.3, -0.25) is 4.79 Å². The quantitative estimate of drug-likeness (QED) is 0.758. The molecule has 4 rings (SSSR count). The number of nitrogens with zero attached hydrogens (tertiary/aromatic N) is 2. The number of nitrogens with one attached hydrogen (secondary N) is 1. The highest BCUT2D eigenvalue weighted by molar-refractivity contribution is 7.89. The molecule has 0 radical (unpaired) electrons. The average Bonchev–Trinajstić information content (AvgIpc) is 3.11. The van der Waals surface area contributed by atoms with E-state index in [0.29, 0.717) is 63.9 Å². The first kappa shape index (κ1) is 21.2. The van der Waals surface area contributed by atoms with Gasteiger partial charge < -0.3 is 19.7 Å². The SMILES string of the molecule is Cl.O=C(C1CCNC1)N1CCCN(S(=O)(=O)c2ccc3c(c2)OCCO3)CC1. The summed E-state index contributed by atoms with van der Waals surface area (Å²) in [5, 5.41) is 3.21. The van der Waals surface area contributed by atoms with Gasteiger partial charge >= 0.3 is 0 Å². The van der Waals surface area contributed by atoms with E-state index in [2.05, 4.69) is 5.32 Å². The molecule has 3 aliphatic rings. The molecule has 0 spiro atoms. The summed E-state index contributed by atoms with van der Waals surface area (Å²) >= 11 is 0. The fourth-order valence-electron chi connectivity index (χ4n) is 3.81. The molecule has 1 aromatic carbocycles. The van der Waals surface area contributed by atoms with Crippen LogP contribution in [0.5, 0.6) is 11.5 Å². The van der Waals surface area contributed by atoms with Crippen LogP contribution in [0.15, 0.2) is 23.1 Å². The molecule has 3 aliphatic heterocycles. The van der Waals surface area contributed by atoms with Crippen LogP contribution in [0.2, 0.25) is 0 Å². The zero-order valence-corrected chi connectivity index (χ0v) is 17.3. The molecule has 0 aliphatic carbocycles. The van der Waals surface area contributed by atoms with Gasteiger partial charge in [0.15, 0.2) is 11.5 Å². The van der Waals surface area contributed by atoms with Crippen LogP contribution in [-0.4, -0.2) is 76.0 Å². The first-order chi connectivity index (χ1) is 13.1. The number of sulfonamides is 1. The summed E-state index contributed by atoms with van der Waals surface area (Å²) in [7, 11) is -3.64. The Bertz CT molecular complexity index is 813. The van der Waals surface area contributed by atoms with Gasteiger partial charge in [0, 0.05) is 38.8 Å². The summed E-state index contributed by atoms with van der Waals surface area (Å²) in [6.07, 6.45) is 1.49. The molecule has 8 nitrogen and oxygen atoms in total. The molecule has 1 atom stereocenters. The first-order valence-electron chi connectivity index (χ1n) is 9.45. The zero-order valence-electron chi connectivity index (χ0n) is 15.6. The van der Waals surface area contributed by atoms with Gasteiger partial charge in [0.2, 0.25) is 15.9 Å². The van der Waals surface area contributed by atoms with Crippen LogP contribution >= 0.6 is 12.4 Å². The third-order valence-electron chi connectivity index (χ3n) is 5.33. The van der Waals surface area contributed by atoms with Crippen LogP contribution < -0.4 is 14.8 Å². The lowest BCUT2D eigenvalue weighted by Gasteiger charge is -2.24. The predicted octanol–water partition coefficient (Wildman–Crippen LogP) is 0.712. The topological polar surface area (TPSA) is 88.2 Å². The maximum Gasteiger partial charge on any atom is 0.243 e. The molecule has 2 fully saturated rings. The summed E-state index contributed by atoms with van der Waals surface area (Å²) < 4.78 is 38.6. The molecule has 10 heteroatoms. The number of halogens is 1. The second kappa shape index (κ2) is 8.86. The van der Waals surface area contributed by atoms with Crippen LogP contribution in [0.3, 0.4) is 0 Å². The van der Waals surface area contributed by atoms with Gasteiger partial charge in [0.05, 0.1) is 10.8 Å². The van der Waals surface area contributed by atoms with Crippen molar-refractivity contribution in [1.82, 2.24) is 14.5 Å². The third-order valence-corrected chi connectivity index (χ3v) is 7.22. The Labute approximate surface area is 171 Å². The van der Waals surface area contributed by atoms with E-state index in [1.165, 1.54) is 10.4 Å². The van der Waals surface area contributed by atoms with Crippen molar-refractivity contribution in [3.05, 3.63) is 18.2 Å². The highest BCUT2D eigenvalue weighted by Crippen LogP contribution is 2.33.